The van der Waals surface area contributed by atoms with E-state index >= 15 is 0 Å². The second-order valence-corrected chi connectivity index (χ2v) is 6.27. The highest BCUT2D eigenvalue weighted by Crippen LogP contribution is 2.43. The predicted molar refractivity (Wildman–Crippen MR) is 108 cm³/mol. The van der Waals surface area contributed by atoms with Gasteiger partial charge in [-0.05, 0) is 53.4 Å². The van der Waals surface area contributed by atoms with Crippen LogP contribution >= 0.6 is 0 Å². The molecule has 0 aliphatic carbocycles. The number of aliphatic hydroxyl groups is 1. The fourth-order valence-electron chi connectivity index (χ4n) is 3.45. The summed E-state index contributed by atoms with van der Waals surface area (Å²) in [5.74, 6) is 5.56. The van der Waals surface area contributed by atoms with E-state index in [1.807, 2.05) is 23.7 Å². The van der Waals surface area contributed by atoms with Crippen molar-refractivity contribution in [3.05, 3.63) is 60.3 Å². The number of hydrogen-bond donors (Lipinski definition) is 1. The lowest BCUT2D eigenvalue weighted by atomic mass is 9.98. The minimum absolute atomic E-state index is 0.294. The van der Waals surface area contributed by atoms with E-state index in [4.69, 9.17) is 9.84 Å². The maximum absolute atomic E-state index is 13.6. The van der Waals surface area contributed by atoms with Crippen LogP contribution in [0.15, 0.2) is 48.8 Å². The first-order valence-electron chi connectivity index (χ1n) is 8.84. The predicted octanol–water partition coefficient (Wildman–Crippen LogP) is 3.19. The lowest BCUT2D eigenvalue weighted by molar-refractivity contribution is 0.350. The van der Waals surface area contributed by atoms with Crippen molar-refractivity contribution in [1.82, 2.24) is 19.7 Å². The molecular formula is C22H17FN4O2. The van der Waals surface area contributed by atoms with Gasteiger partial charge in [0.25, 0.3) is 5.88 Å². The molecule has 0 aliphatic heterocycles. The van der Waals surface area contributed by atoms with Gasteiger partial charge in [0, 0.05) is 25.0 Å². The van der Waals surface area contributed by atoms with Crippen molar-refractivity contribution in [2.45, 2.75) is 0 Å². The first-order valence-corrected chi connectivity index (χ1v) is 8.84. The van der Waals surface area contributed by atoms with Gasteiger partial charge in [-0.15, -0.1) is 10.2 Å². The summed E-state index contributed by atoms with van der Waals surface area (Å²) >= 11 is 0. The number of methoxy groups -OCH3 is 1. The molecule has 144 valence electrons. The Hall–Kier alpha value is -3.76. The van der Waals surface area contributed by atoms with Gasteiger partial charge in [-0.25, -0.2) is 4.39 Å². The Bertz CT molecular complexity index is 1240. The first-order chi connectivity index (χ1) is 14.2. The van der Waals surface area contributed by atoms with E-state index < -0.39 is 0 Å². The van der Waals surface area contributed by atoms with Gasteiger partial charge in [0.1, 0.15) is 23.6 Å². The summed E-state index contributed by atoms with van der Waals surface area (Å²) in [7, 11) is 3.42. The van der Waals surface area contributed by atoms with Crippen LogP contribution in [0.4, 0.5) is 4.39 Å². The summed E-state index contributed by atoms with van der Waals surface area (Å²) in [6.45, 7) is -0.294. The third-order valence-corrected chi connectivity index (χ3v) is 4.64. The third-order valence-electron chi connectivity index (χ3n) is 4.64. The number of halogens is 1. The molecule has 1 aromatic carbocycles. The Morgan fingerprint density at radius 3 is 2.45 bits per heavy atom. The molecule has 0 spiro atoms. The van der Waals surface area contributed by atoms with E-state index in [0.717, 1.165) is 27.8 Å². The van der Waals surface area contributed by atoms with Gasteiger partial charge in [-0.2, -0.15) is 0 Å². The quantitative estimate of drug-likeness (QED) is 0.546. The minimum Gasteiger partial charge on any atom is -0.478 e. The van der Waals surface area contributed by atoms with Crippen molar-refractivity contribution in [2.24, 2.45) is 7.05 Å². The fourth-order valence-corrected chi connectivity index (χ4v) is 3.45. The maximum Gasteiger partial charge on any atom is 0.258 e. The van der Waals surface area contributed by atoms with Crippen molar-refractivity contribution in [3.63, 3.8) is 0 Å². The number of nitrogens with zero attached hydrogens (tertiary/aromatic N) is 4. The smallest absolute Gasteiger partial charge is 0.258 e. The Morgan fingerprint density at radius 2 is 1.79 bits per heavy atom. The van der Waals surface area contributed by atoms with Crippen molar-refractivity contribution in [2.75, 3.05) is 13.7 Å². The molecule has 0 unspecified atom stereocenters. The van der Waals surface area contributed by atoms with E-state index in [2.05, 4.69) is 27.0 Å². The average molecular weight is 388 g/mol. The van der Waals surface area contributed by atoms with Crippen LogP contribution in [0.5, 0.6) is 5.88 Å². The molecule has 0 saturated carbocycles. The number of aryl methyl sites for hydroxylation is 1. The van der Waals surface area contributed by atoms with Crippen LogP contribution < -0.4 is 4.74 Å². The summed E-state index contributed by atoms with van der Waals surface area (Å²) in [4.78, 5) is 4.11. The second-order valence-electron chi connectivity index (χ2n) is 6.27. The molecule has 3 aromatic heterocycles. The van der Waals surface area contributed by atoms with E-state index in [1.165, 1.54) is 19.2 Å². The van der Waals surface area contributed by atoms with Gasteiger partial charge in [-0.1, -0.05) is 5.92 Å². The number of ether oxygens (including phenoxy) is 1. The van der Waals surface area contributed by atoms with E-state index in [0.29, 0.717) is 17.1 Å². The molecule has 0 amide bonds. The molecule has 0 atom stereocenters. The van der Waals surface area contributed by atoms with Crippen LogP contribution in [0.25, 0.3) is 33.3 Å². The van der Waals surface area contributed by atoms with Gasteiger partial charge < -0.3 is 14.4 Å². The molecule has 1 N–H and O–H groups in total. The van der Waals surface area contributed by atoms with E-state index in [9.17, 15) is 4.39 Å². The van der Waals surface area contributed by atoms with Crippen LogP contribution in [-0.4, -0.2) is 38.6 Å². The number of rotatable bonds is 3. The molecule has 4 rings (SSSR count). The summed E-state index contributed by atoms with van der Waals surface area (Å²) in [5.41, 5.74) is 4.53. The van der Waals surface area contributed by atoms with Crippen molar-refractivity contribution < 1.29 is 14.2 Å². The Labute approximate surface area is 166 Å². The molecule has 29 heavy (non-hydrogen) atoms. The Kier molecular flexibility index (Phi) is 4.94. The van der Waals surface area contributed by atoms with Crippen LogP contribution in [-0.2, 0) is 7.05 Å². The second kappa shape index (κ2) is 7.70. The zero-order valence-electron chi connectivity index (χ0n) is 15.8. The minimum atomic E-state index is -0.312. The first kappa shape index (κ1) is 18.6. The highest BCUT2D eigenvalue weighted by Gasteiger charge is 2.24. The molecule has 0 saturated heterocycles. The molecular weight excluding hydrogens is 371 g/mol. The average Bonchev–Trinajstić information content (AvgIpc) is 3.07. The molecule has 0 fully saturated rings. The summed E-state index contributed by atoms with van der Waals surface area (Å²) < 4.78 is 21.0. The van der Waals surface area contributed by atoms with Crippen LogP contribution in [0.2, 0.25) is 0 Å². The topological polar surface area (TPSA) is 73.1 Å². The molecule has 0 bridgehead atoms. The van der Waals surface area contributed by atoms with E-state index in [-0.39, 0.29) is 12.4 Å². The number of pyridine rings is 1. The van der Waals surface area contributed by atoms with Gasteiger partial charge >= 0.3 is 0 Å². The largest absolute Gasteiger partial charge is 0.478 e. The molecule has 4 aromatic rings. The van der Waals surface area contributed by atoms with Crippen molar-refractivity contribution in [1.29, 1.82) is 0 Å². The highest BCUT2D eigenvalue weighted by molar-refractivity contribution is 6.08. The number of benzene rings is 1. The summed E-state index contributed by atoms with van der Waals surface area (Å²) in [6.07, 6.45) is 3.40. The summed E-state index contributed by atoms with van der Waals surface area (Å²) in [5, 5.41) is 18.3. The van der Waals surface area contributed by atoms with Gasteiger partial charge in [0.05, 0.1) is 18.2 Å². The number of hydrogen-bond acceptors (Lipinski definition) is 5. The molecule has 0 aliphatic rings. The monoisotopic (exact) mass is 388 g/mol. The molecule has 0 radical (unpaired) electrons. The lowest BCUT2D eigenvalue weighted by Crippen LogP contribution is -1.99. The molecule has 7 heteroatoms. The zero-order chi connectivity index (χ0) is 20.4. The van der Waals surface area contributed by atoms with Crippen molar-refractivity contribution >= 4 is 10.9 Å². The fraction of sp³-hybridized carbons (Fsp3) is 0.136. The SMILES string of the molecule is COc1nnc(C#CCO)c2c(-c3ccncc3)c(-c3ccc(F)cc3)n(C)c12. The van der Waals surface area contributed by atoms with Gasteiger partial charge in [0.2, 0.25) is 0 Å². The van der Waals surface area contributed by atoms with Crippen molar-refractivity contribution in [3.8, 4) is 40.1 Å². The number of fused-ring (bicyclic) bond motifs is 1. The zero-order valence-corrected chi connectivity index (χ0v) is 15.8. The highest BCUT2D eigenvalue weighted by atomic mass is 19.1. The normalized spacial score (nSPS) is 10.6. The lowest BCUT2D eigenvalue weighted by Gasteiger charge is -2.09. The molecule has 6 nitrogen and oxygen atoms in total. The van der Waals surface area contributed by atoms with Crippen LogP contribution in [0.3, 0.4) is 0 Å². The van der Waals surface area contributed by atoms with Gasteiger partial charge in [-0.3, -0.25) is 4.98 Å². The third kappa shape index (κ3) is 3.20. The number of aliphatic hydroxyl groups excluding tert-OH is 1. The maximum atomic E-state index is 13.6. The Balaban J connectivity index is 2.19. The standard InChI is InChI=1S/C22H17FN4O2/c1-27-20(15-5-7-16(23)8-6-15)18(14-9-11-24-12-10-14)19-17(4-3-13-28)25-26-22(29-2)21(19)27/h5-12,28H,13H2,1-2H3. The van der Waals surface area contributed by atoms with E-state index in [1.54, 1.807) is 24.5 Å². The summed E-state index contributed by atoms with van der Waals surface area (Å²) in [6, 6.07) is 10.1. The van der Waals surface area contributed by atoms with Crippen LogP contribution in [0, 0.1) is 17.7 Å². The van der Waals surface area contributed by atoms with Gasteiger partial charge in [0.15, 0.2) is 0 Å². The molecule has 3 heterocycles. The van der Waals surface area contributed by atoms with Crippen LogP contribution in [0.1, 0.15) is 5.69 Å². The Morgan fingerprint density at radius 1 is 1.07 bits per heavy atom. The number of aromatic nitrogens is 4.